The van der Waals surface area contributed by atoms with Gasteiger partial charge in [-0.15, -0.1) is 0 Å². The average molecular weight is 202 g/mol. The number of nitrogens with one attached hydrogen (secondary N) is 1. The Morgan fingerprint density at radius 2 is 2.08 bits per heavy atom. The molecular formula is C5H9F3N2OS. The Bertz CT molecular complexity index is 150. The molecule has 1 amide bonds. The van der Waals surface area contributed by atoms with Crippen molar-refractivity contribution in [2.75, 3.05) is 18.8 Å². The molecule has 0 rings (SSSR count). The van der Waals surface area contributed by atoms with Crippen LogP contribution in [0.25, 0.3) is 0 Å². The number of halogens is 3. The van der Waals surface area contributed by atoms with Crippen molar-refractivity contribution in [2.24, 2.45) is 5.73 Å². The maximum atomic E-state index is 11.5. The minimum atomic E-state index is -4.20. The van der Waals surface area contributed by atoms with Crippen LogP contribution in [0.5, 0.6) is 0 Å². The Hall–Kier alpha value is -0.430. The summed E-state index contributed by atoms with van der Waals surface area (Å²) >= 11 is -0.129. The number of hydrogen-bond donors (Lipinski definition) is 2. The van der Waals surface area contributed by atoms with E-state index in [2.05, 4.69) is 5.32 Å². The van der Waals surface area contributed by atoms with Gasteiger partial charge in [0.15, 0.2) is 0 Å². The van der Waals surface area contributed by atoms with Crippen molar-refractivity contribution >= 4 is 17.7 Å². The first-order chi connectivity index (χ1) is 5.42. The fraction of sp³-hybridized carbons (Fsp3) is 0.800. The molecule has 3 N–H and O–H groups in total. The Morgan fingerprint density at radius 3 is 2.50 bits per heavy atom. The van der Waals surface area contributed by atoms with Gasteiger partial charge in [-0.1, -0.05) is 0 Å². The van der Waals surface area contributed by atoms with Crippen molar-refractivity contribution in [2.45, 2.75) is 5.51 Å². The number of hydrogen-bond acceptors (Lipinski definition) is 3. The first-order valence-corrected chi connectivity index (χ1v) is 4.10. The van der Waals surface area contributed by atoms with E-state index in [-0.39, 0.29) is 30.6 Å². The normalized spacial score (nSPS) is 11.6. The lowest BCUT2D eigenvalue weighted by Crippen LogP contribution is -2.30. The number of rotatable bonds is 5. The van der Waals surface area contributed by atoms with Crippen LogP contribution >= 0.6 is 11.8 Å². The van der Waals surface area contributed by atoms with Crippen molar-refractivity contribution in [1.82, 2.24) is 5.32 Å². The molecular weight excluding hydrogens is 193 g/mol. The molecule has 0 aliphatic heterocycles. The predicted molar refractivity (Wildman–Crippen MR) is 40.6 cm³/mol. The summed E-state index contributed by atoms with van der Waals surface area (Å²) in [7, 11) is 0. The van der Waals surface area contributed by atoms with Crippen molar-refractivity contribution < 1.29 is 18.0 Å². The molecule has 0 unspecified atom stereocenters. The molecule has 0 heterocycles. The molecule has 0 fully saturated rings. The Labute approximate surface area is 71.9 Å². The van der Waals surface area contributed by atoms with Crippen LogP contribution in [0.2, 0.25) is 0 Å². The van der Waals surface area contributed by atoms with Crippen LogP contribution in [-0.4, -0.2) is 30.3 Å². The highest BCUT2D eigenvalue weighted by atomic mass is 32.2. The molecule has 0 spiro atoms. The van der Waals surface area contributed by atoms with E-state index < -0.39 is 11.4 Å². The maximum absolute atomic E-state index is 11.5. The second-order valence-corrected chi connectivity index (χ2v) is 3.10. The summed E-state index contributed by atoms with van der Waals surface area (Å²) in [4.78, 5) is 10.1. The van der Waals surface area contributed by atoms with Gasteiger partial charge in [-0.25, -0.2) is 0 Å². The van der Waals surface area contributed by atoms with E-state index in [1.54, 1.807) is 0 Å². The van der Waals surface area contributed by atoms with E-state index in [9.17, 15) is 18.0 Å². The zero-order valence-electron chi connectivity index (χ0n) is 6.15. The third kappa shape index (κ3) is 9.57. The molecule has 3 nitrogen and oxygen atoms in total. The molecule has 12 heavy (non-hydrogen) atoms. The molecule has 0 bridgehead atoms. The van der Waals surface area contributed by atoms with Crippen LogP contribution < -0.4 is 11.1 Å². The van der Waals surface area contributed by atoms with E-state index >= 15 is 0 Å². The predicted octanol–water partition coefficient (Wildman–Crippen LogP) is 0.314. The lowest BCUT2D eigenvalue weighted by atomic mass is 10.6. The lowest BCUT2D eigenvalue weighted by molar-refractivity contribution is -0.117. The molecule has 0 aliphatic carbocycles. The molecule has 0 saturated carbocycles. The number of thioether (sulfide) groups is 1. The third-order valence-electron chi connectivity index (χ3n) is 0.844. The van der Waals surface area contributed by atoms with Crippen LogP contribution in [0.1, 0.15) is 0 Å². The van der Waals surface area contributed by atoms with Gasteiger partial charge in [-0.05, 0) is 11.8 Å². The van der Waals surface area contributed by atoms with Crippen molar-refractivity contribution in [3.05, 3.63) is 0 Å². The SMILES string of the molecule is NC(=O)CNCCSC(F)(F)F. The smallest absolute Gasteiger partial charge is 0.369 e. The second-order valence-electron chi connectivity index (χ2n) is 1.94. The molecule has 0 aromatic rings. The highest BCUT2D eigenvalue weighted by molar-refractivity contribution is 8.00. The van der Waals surface area contributed by atoms with Gasteiger partial charge in [0.05, 0.1) is 6.54 Å². The van der Waals surface area contributed by atoms with Gasteiger partial charge in [-0.3, -0.25) is 4.79 Å². The van der Waals surface area contributed by atoms with Gasteiger partial charge < -0.3 is 11.1 Å². The van der Waals surface area contributed by atoms with Gasteiger partial charge in [0, 0.05) is 12.3 Å². The van der Waals surface area contributed by atoms with Crippen LogP contribution in [0.3, 0.4) is 0 Å². The number of carbonyl (C=O) groups excluding carboxylic acids is 1. The van der Waals surface area contributed by atoms with Crippen LogP contribution in [0, 0.1) is 0 Å². The summed E-state index contributed by atoms with van der Waals surface area (Å²) in [6.07, 6.45) is 0. The van der Waals surface area contributed by atoms with Crippen molar-refractivity contribution in [3.8, 4) is 0 Å². The summed E-state index contributed by atoms with van der Waals surface area (Å²) in [5, 5.41) is 2.46. The number of primary amides is 1. The summed E-state index contributed by atoms with van der Waals surface area (Å²) in [5.41, 5.74) is 0.530. The highest BCUT2D eigenvalue weighted by Crippen LogP contribution is 2.29. The van der Waals surface area contributed by atoms with Gasteiger partial charge in [0.1, 0.15) is 0 Å². The molecule has 0 atom stereocenters. The number of amides is 1. The van der Waals surface area contributed by atoms with Gasteiger partial charge in [-0.2, -0.15) is 13.2 Å². The molecule has 0 aromatic heterocycles. The van der Waals surface area contributed by atoms with E-state index in [0.717, 1.165) is 0 Å². The lowest BCUT2D eigenvalue weighted by Gasteiger charge is -2.04. The molecule has 0 saturated heterocycles. The largest absolute Gasteiger partial charge is 0.441 e. The van der Waals surface area contributed by atoms with Crippen LogP contribution in [0.15, 0.2) is 0 Å². The van der Waals surface area contributed by atoms with Crippen LogP contribution in [0.4, 0.5) is 13.2 Å². The van der Waals surface area contributed by atoms with Crippen molar-refractivity contribution in [1.29, 1.82) is 0 Å². The molecule has 72 valence electrons. The number of nitrogens with two attached hydrogens (primary N) is 1. The van der Waals surface area contributed by atoms with E-state index in [1.807, 2.05) is 0 Å². The molecule has 0 aromatic carbocycles. The fourth-order valence-corrected chi connectivity index (χ4v) is 0.928. The van der Waals surface area contributed by atoms with Gasteiger partial charge in [0.25, 0.3) is 0 Å². The third-order valence-corrected chi connectivity index (χ3v) is 1.58. The number of carbonyl (C=O) groups is 1. The topological polar surface area (TPSA) is 55.1 Å². The van der Waals surface area contributed by atoms with Gasteiger partial charge in [0.2, 0.25) is 5.91 Å². The summed E-state index contributed by atoms with van der Waals surface area (Å²) in [5.74, 6) is -0.691. The monoisotopic (exact) mass is 202 g/mol. The Morgan fingerprint density at radius 1 is 1.50 bits per heavy atom. The summed E-state index contributed by atoms with van der Waals surface area (Å²) in [6, 6.07) is 0. The minimum absolute atomic E-state index is 0.0849. The van der Waals surface area contributed by atoms with Gasteiger partial charge >= 0.3 is 5.51 Å². The molecule has 0 aliphatic rings. The zero-order chi connectivity index (χ0) is 9.61. The van der Waals surface area contributed by atoms with E-state index in [0.29, 0.717) is 0 Å². The van der Waals surface area contributed by atoms with E-state index in [4.69, 9.17) is 5.73 Å². The highest BCUT2D eigenvalue weighted by Gasteiger charge is 2.27. The molecule has 0 radical (unpaired) electrons. The standard InChI is InChI=1S/C5H9F3N2OS/c6-5(7,8)12-2-1-10-3-4(9)11/h10H,1-3H2,(H2,9,11). The van der Waals surface area contributed by atoms with E-state index in [1.165, 1.54) is 0 Å². The quantitative estimate of drug-likeness (QED) is 0.631. The first-order valence-electron chi connectivity index (χ1n) is 3.11. The number of alkyl halides is 3. The first kappa shape index (κ1) is 11.6. The Balaban J connectivity index is 3.17. The maximum Gasteiger partial charge on any atom is 0.441 e. The van der Waals surface area contributed by atoms with Crippen molar-refractivity contribution in [3.63, 3.8) is 0 Å². The molecule has 7 heteroatoms. The second kappa shape index (κ2) is 5.26. The van der Waals surface area contributed by atoms with Crippen LogP contribution in [-0.2, 0) is 4.79 Å². The zero-order valence-corrected chi connectivity index (χ0v) is 6.97. The Kier molecular flexibility index (Phi) is 5.07. The average Bonchev–Trinajstić information content (AvgIpc) is 1.83. The fourth-order valence-electron chi connectivity index (χ4n) is 0.451. The summed E-state index contributed by atoms with van der Waals surface area (Å²) < 4.78 is 34.5. The minimum Gasteiger partial charge on any atom is -0.369 e. The summed E-state index contributed by atoms with van der Waals surface area (Å²) in [6.45, 7) is 0.0333.